The number of piperazine rings is 1. The first-order chi connectivity index (χ1) is 9.87. The molecule has 2 nitrogen and oxygen atoms in total. The van der Waals surface area contributed by atoms with Crippen LogP contribution < -0.4 is 5.32 Å². The van der Waals surface area contributed by atoms with Crippen molar-refractivity contribution in [1.82, 2.24) is 10.2 Å². The average molecular weight is 416 g/mol. The minimum Gasteiger partial charge on any atom is -0.314 e. The second kappa shape index (κ2) is 7.23. The molecule has 7 heteroatoms. The Balaban J connectivity index is 2.23. The van der Waals surface area contributed by atoms with E-state index in [-0.39, 0.29) is 6.42 Å². The smallest absolute Gasteiger partial charge is 0.314 e. The molecule has 1 heterocycles. The van der Waals surface area contributed by atoms with E-state index in [9.17, 15) is 17.6 Å². The number of hydrogen-bond donors (Lipinski definition) is 1. The molecule has 0 saturated carbocycles. The van der Waals surface area contributed by atoms with Gasteiger partial charge in [-0.2, -0.15) is 13.2 Å². The monoisotopic (exact) mass is 416 g/mol. The largest absolute Gasteiger partial charge is 0.389 e. The van der Waals surface area contributed by atoms with Crippen molar-refractivity contribution in [3.8, 4) is 0 Å². The van der Waals surface area contributed by atoms with Crippen LogP contribution in [-0.4, -0.2) is 37.3 Å². The number of rotatable bonds is 4. The van der Waals surface area contributed by atoms with Crippen molar-refractivity contribution in [3.05, 3.63) is 33.1 Å². The van der Waals surface area contributed by atoms with Gasteiger partial charge in [-0.05, 0) is 47.2 Å². The van der Waals surface area contributed by atoms with E-state index < -0.39 is 24.5 Å². The SMILES string of the molecule is Fc1ccc(I)cc1[C@H](CCC(F)(F)F)N1CCNCC1. The second-order valence-electron chi connectivity index (χ2n) is 5.12. The Morgan fingerprint density at radius 2 is 1.90 bits per heavy atom. The molecule has 21 heavy (non-hydrogen) atoms. The van der Waals surface area contributed by atoms with Gasteiger partial charge in [-0.1, -0.05) is 0 Å². The van der Waals surface area contributed by atoms with E-state index in [1.807, 2.05) is 4.90 Å². The molecule has 1 saturated heterocycles. The number of nitrogens with zero attached hydrogens (tertiary/aromatic N) is 1. The number of alkyl halides is 3. The molecule has 0 amide bonds. The molecule has 0 spiro atoms. The maximum absolute atomic E-state index is 14.1. The van der Waals surface area contributed by atoms with Crippen LogP contribution in [-0.2, 0) is 0 Å². The van der Waals surface area contributed by atoms with Gasteiger partial charge in [-0.15, -0.1) is 0 Å². The van der Waals surface area contributed by atoms with Gasteiger partial charge >= 0.3 is 6.18 Å². The minimum absolute atomic E-state index is 0.111. The highest BCUT2D eigenvalue weighted by atomic mass is 127. The zero-order valence-electron chi connectivity index (χ0n) is 11.4. The van der Waals surface area contributed by atoms with Gasteiger partial charge in [0.1, 0.15) is 5.82 Å². The van der Waals surface area contributed by atoms with Crippen LogP contribution in [0.4, 0.5) is 17.6 Å². The molecule has 1 N–H and O–H groups in total. The van der Waals surface area contributed by atoms with Gasteiger partial charge < -0.3 is 5.32 Å². The predicted octanol–water partition coefficient (Wildman–Crippen LogP) is 3.72. The molecule has 0 aliphatic carbocycles. The van der Waals surface area contributed by atoms with Crippen molar-refractivity contribution < 1.29 is 17.6 Å². The Hall–Kier alpha value is -0.410. The topological polar surface area (TPSA) is 15.3 Å². The Kier molecular flexibility index (Phi) is 5.84. The van der Waals surface area contributed by atoms with Gasteiger partial charge in [-0.25, -0.2) is 4.39 Å². The van der Waals surface area contributed by atoms with Crippen molar-refractivity contribution in [3.63, 3.8) is 0 Å². The van der Waals surface area contributed by atoms with Gasteiger partial charge in [0.15, 0.2) is 0 Å². The zero-order valence-corrected chi connectivity index (χ0v) is 13.5. The van der Waals surface area contributed by atoms with Crippen molar-refractivity contribution in [1.29, 1.82) is 0 Å². The van der Waals surface area contributed by atoms with E-state index in [0.29, 0.717) is 31.7 Å². The second-order valence-corrected chi connectivity index (χ2v) is 6.37. The fraction of sp³-hybridized carbons (Fsp3) is 0.571. The van der Waals surface area contributed by atoms with Gasteiger partial charge in [0.05, 0.1) is 0 Å². The molecular weight excluding hydrogens is 399 g/mol. The molecule has 0 unspecified atom stereocenters. The molecule has 118 valence electrons. The molecule has 1 aliphatic heterocycles. The molecule has 1 atom stereocenters. The van der Waals surface area contributed by atoms with Gasteiger partial charge in [0, 0.05) is 47.8 Å². The fourth-order valence-electron chi connectivity index (χ4n) is 2.60. The van der Waals surface area contributed by atoms with E-state index in [4.69, 9.17) is 0 Å². The van der Waals surface area contributed by atoms with Crippen LogP contribution in [0.25, 0.3) is 0 Å². The van der Waals surface area contributed by atoms with Crippen LogP contribution >= 0.6 is 22.6 Å². The quantitative estimate of drug-likeness (QED) is 0.595. The lowest BCUT2D eigenvalue weighted by Crippen LogP contribution is -2.45. The Morgan fingerprint density at radius 1 is 1.24 bits per heavy atom. The lowest BCUT2D eigenvalue weighted by molar-refractivity contribution is -0.138. The van der Waals surface area contributed by atoms with Crippen molar-refractivity contribution in [2.24, 2.45) is 0 Å². The summed E-state index contributed by atoms with van der Waals surface area (Å²) in [5, 5.41) is 3.16. The fourth-order valence-corrected chi connectivity index (χ4v) is 3.11. The standard InChI is InChI=1S/C14H17F4IN2/c15-12-2-1-10(19)9-11(12)13(3-4-14(16,17)18)21-7-5-20-6-8-21/h1-2,9,13,20H,3-8H2/t13-/m0/s1. The third kappa shape index (κ3) is 5.07. The van der Waals surface area contributed by atoms with Crippen LogP contribution in [0.5, 0.6) is 0 Å². The predicted molar refractivity (Wildman–Crippen MR) is 81.6 cm³/mol. The number of benzene rings is 1. The summed E-state index contributed by atoms with van der Waals surface area (Å²) in [5.74, 6) is -0.430. The molecule has 1 aliphatic rings. The van der Waals surface area contributed by atoms with E-state index in [1.165, 1.54) is 6.07 Å². The molecule has 1 aromatic rings. The van der Waals surface area contributed by atoms with E-state index in [0.717, 1.165) is 3.57 Å². The Labute approximate surface area is 135 Å². The Morgan fingerprint density at radius 3 is 2.52 bits per heavy atom. The third-order valence-electron chi connectivity index (χ3n) is 3.61. The molecule has 0 radical (unpaired) electrons. The molecule has 1 fully saturated rings. The number of hydrogen-bond acceptors (Lipinski definition) is 2. The normalized spacial score (nSPS) is 18.7. The van der Waals surface area contributed by atoms with Crippen LogP contribution in [0.15, 0.2) is 18.2 Å². The molecule has 0 aromatic heterocycles. The number of nitrogens with one attached hydrogen (secondary N) is 1. The van der Waals surface area contributed by atoms with Gasteiger partial charge in [0.2, 0.25) is 0 Å². The first-order valence-electron chi connectivity index (χ1n) is 6.83. The highest BCUT2D eigenvalue weighted by Gasteiger charge is 2.32. The molecule has 1 aromatic carbocycles. The van der Waals surface area contributed by atoms with Gasteiger partial charge in [0.25, 0.3) is 0 Å². The third-order valence-corrected chi connectivity index (χ3v) is 4.28. The van der Waals surface area contributed by atoms with Crippen LogP contribution in [0, 0.1) is 9.39 Å². The highest BCUT2D eigenvalue weighted by molar-refractivity contribution is 14.1. The summed E-state index contributed by atoms with van der Waals surface area (Å²) in [4.78, 5) is 1.94. The maximum atomic E-state index is 14.1. The highest BCUT2D eigenvalue weighted by Crippen LogP contribution is 2.33. The first-order valence-corrected chi connectivity index (χ1v) is 7.91. The van der Waals surface area contributed by atoms with Crippen molar-refractivity contribution >= 4 is 22.6 Å². The van der Waals surface area contributed by atoms with E-state index in [2.05, 4.69) is 27.9 Å². The summed E-state index contributed by atoms with van der Waals surface area (Å²) in [5.41, 5.74) is 0.369. The molecule has 2 rings (SSSR count). The van der Waals surface area contributed by atoms with Crippen LogP contribution in [0.3, 0.4) is 0 Å². The number of halogens is 5. The lowest BCUT2D eigenvalue weighted by atomic mass is 9.98. The van der Waals surface area contributed by atoms with Crippen LogP contribution in [0.1, 0.15) is 24.4 Å². The minimum atomic E-state index is -4.22. The maximum Gasteiger partial charge on any atom is 0.389 e. The summed E-state index contributed by atoms with van der Waals surface area (Å²) < 4.78 is 52.6. The first kappa shape index (κ1) is 17.0. The lowest BCUT2D eigenvalue weighted by Gasteiger charge is -2.35. The molecule has 0 bridgehead atoms. The van der Waals surface area contributed by atoms with E-state index in [1.54, 1.807) is 12.1 Å². The summed E-state index contributed by atoms with van der Waals surface area (Å²) in [6.07, 6.45) is -5.22. The summed E-state index contributed by atoms with van der Waals surface area (Å²) in [6, 6.07) is 4.08. The Bertz CT molecular complexity index is 473. The van der Waals surface area contributed by atoms with Crippen LogP contribution in [0.2, 0.25) is 0 Å². The summed E-state index contributed by atoms with van der Waals surface area (Å²) in [7, 11) is 0. The zero-order chi connectivity index (χ0) is 15.5. The van der Waals surface area contributed by atoms with Gasteiger partial charge in [-0.3, -0.25) is 4.90 Å². The van der Waals surface area contributed by atoms with Crippen molar-refractivity contribution in [2.45, 2.75) is 25.1 Å². The average Bonchev–Trinajstić information content (AvgIpc) is 2.43. The summed E-state index contributed by atoms with van der Waals surface area (Å²) >= 11 is 2.05. The summed E-state index contributed by atoms with van der Waals surface area (Å²) in [6.45, 7) is 2.70. The van der Waals surface area contributed by atoms with E-state index >= 15 is 0 Å². The van der Waals surface area contributed by atoms with Crippen molar-refractivity contribution in [2.75, 3.05) is 26.2 Å². The molecular formula is C14H17F4IN2.